The van der Waals surface area contributed by atoms with Crippen LogP contribution in [0.15, 0.2) is 48.7 Å². The molecule has 0 aliphatic heterocycles. The molecule has 0 saturated heterocycles. The Morgan fingerprint density at radius 1 is 0.967 bits per heavy atom. The number of carbonyl (C=O) groups is 1. The number of benzene rings is 2. The van der Waals surface area contributed by atoms with E-state index in [-0.39, 0.29) is 16.9 Å². The summed E-state index contributed by atoms with van der Waals surface area (Å²) >= 11 is 0. The number of alkyl halides is 3. The standard InChI is InChI=1S/C22H15F5N2O/c23-17-5-2-6-18(24)20(17)21(30)29-19-8-7-14(11-28-19)15-9-12-3-1-4-13(12)10-16(15)22(25,26)27/h2,5-11H,1,3-4H2,(H,28,29,30). The minimum Gasteiger partial charge on any atom is -0.306 e. The fourth-order valence-electron chi connectivity index (χ4n) is 3.62. The van der Waals surface area contributed by atoms with Gasteiger partial charge in [0.05, 0.1) is 5.56 Å². The van der Waals surface area contributed by atoms with Gasteiger partial charge in [-0.25, -0.2) is 13.8 Å². The zero-order valence-electron chi connectivity index (χ0n) is 15.5. The van der Waals surface area contributed by atoms with Gasteiger partial charge in [0, 0.05) is 11.8 Å². The summed E-state index contributed by atoms with van der Waals surface area (Å²) in [6.07, 6.45) is -1.18. The summed E-state index contributed by atoms with van der Waals surface area (Å²) < 4.78 is 68.2. The number of aryl methyl sites for hydroxylation is 2. The summed E-state index contributed by atoms with van der Waals surface area (Å²) in [4.78, 5) is 16.1. The van der Waals surface area contributed by atoms with Crippen LogP contribution in [-0.2, 0) is 19.0 Å². The Kier molecular flexibility index (Phi) is 5.01. The number of hydrogen-bond donors (Lipinski definition) is 1. The molecule has 0 atom stereocenters. The summed E-state index contributed by atoms with van der Waals surface area (Å²) in [7, 11) is 0. The maximum absolute atomic E-state index is 13.7. The Hall–Kier alpha value is -3.29. The first-order valence-corrected chi connectivity index (χ1v) is 9.19. The molecule has 3 aromatic rings. The fourth-order valence-corrected chi connectivity index (χ4v) is 3.62. The van der Waals surface area contributed by atoms with Gasteiger partial charge in [0.2, 0.25) is 0 Å². The molecule has 4 rings (SSSR count). The minimum atomic E-state index is -4.53. The van der Waals surface area contributed by atoms with E-state index in [0.29, 0.717) is 12.0 Å². The van der Waals surface area contributed by atoms with Crippen molar-refractivity contribution in [3.05, 3.63) is 82.5 Å². The van der Waals surface area contributed by atoms with Gasteiger partial charge in [0.25, 0.3) is 5.91 Å². The molecule has 0 bridgehead atoms. The van der Waals surface area contributed by atoms with E-state index in [4.69, 9.17) is 0 Å². The summed E-state index contributed by atoms with van der Waals surface area (Å²) in [6, 6.07) is 8.42. The highest BCUT2D eigenvalue weighted by Gasteiger charge is 2.35. The highest BCUT2D eigenvalue weighted by atomic mass is 19.4. The SMILES string of the molecule is O=C(Nc1ccc(-c2cc3c(cc2C(F)(F)F)CCC3)cn1)c1c(F)cccc1F. The zero-order chi connectivity index (χ0) is 21.5. The van der Waals surface area contributed by atoms with Crippen molar-refractivity contribution in [3.63, 3.8) is 0 Å². The van der Waals surface area contributed by atoms with Crippen molar-refractivity contribution in [3.8, 4) is 11.1 Å². The van der Waals surface area contributed by atoms with E-state index in [1.165, 1.54) is 30.5 Å². The van der Waals surface area contributed by atoms with Crippen molar-refractivity contribution in [1.82, 2.24) is 4.98 Å². The Morgan fingerprint density at radius 2 is 1.63 bits per heavy atom. The van der Waals surface area contributed by atoms with Crippen LogP contribution in [0.3, 0.4) is 0 Å². The molecule has 2 aromatic carbocycles. The van der Waals surface area contributed by atoms with Crippen molar-refractivity contribution < 1.29 is 26.7 Å². The number of fused-ring (bicyclic) bond motifs is 1. The largest absolute Gasteiger partial charge is 0.417 e. The molecule has 0 unspecified atom stereocenters. The van der Waals surface area contributed by atoms with Gasteiger partial charge in [-0.15, -0.1) is 0 Å². The third-order valence-corrected chi connectivity index (χ3v) is 5.04. The average Bonchev–Trinajstić information content (AvgIpc) is 3.14. The molecule has 1 heterocycles. The van der Waals surface area contributed by atoms with Gasteiger partial charge >= 0.3 is 6.18 Å². The average molecular weight is 418 g/mol. The lowest BCUT2D eigenvalue weighted by molar-refractivity contribution is -0.137. The number of hydrogen-bond acceptors (Lipinski definition) is 2. The summed E-state index contributed by atoms with van der Waals surface area (Å²) in [6.45, 7) is 0. The van der Waals surface area contributed by atoms with Crippen molar-refractivity contribution in [2.45, 2.75) is 25.4 Å². The molecule has 1 amide bonds. The van der Waals surface area contributed by atoms with E-state index < -0.39 is 34.8 Å². The zero-order valence-corrected chi connectivity index (χ0v) is 15.5. The minimum absolute atomic E-state index is 0.00803. The molecule has 0 radical (unpaired) electrons. The molecular weight excluding hydrogens is 403 g/mol. The number of halogens is 5. The fraction of sp³-hybridized carbons (Fsp3) is 0.182. The van der Waals surface area contributed by atoms with Crippen LogP contribution >= 0.6 is 0 Å². The van der Waals surface area contributed by atoms with E-state index in [1.54, 1.807) is 0 Å². The molecule has 154 valence electrons. The number of nitrogens with one attached hydrogen (secondary N) is 1. The maximum atomic E-state index is 13.7. The first kappa shape index (κ1) is 20.0. The number of amides is 1. The number of nitrogens with zero attached hydrogens (tertiary/aromatic N) is 1. The van der Waals surface area contributed by atoms with Gasteiger partial charge < -0.3 is 5.32 Å². The van der Waals surface area contributed by atoms with Crippen LogP contribution in [0.2, 0.25) is 0 Å². The Bertz CT molecular complexity index is 1100. The summed E-state index contributed by atoms with van der Waals surface area (Å²) in [5.74, 6) is -3.14. The van der Waals surface area contributed by atoms with Crippen LogP contribution in [0.1, 0.15) is 33.5 Å². The molecule has 0 saturated carbocycles. The molecule has 1 aliphatic carbocycles. The van der Waals surface area contributed by atoms with Gasteiger partial charge in [-0.3, -0.25) is 4.79 Å². The first-order chi connectivity index (χ1) is 14.2. The van der Waals surface area contributed by atoms with Crippen molar-refractivity contribution in [2.24, 2.45) is 0 Å². The highest BCUT2D eigenvalue weighted by molar-refractivity contribution is 6.04. The van der Waals surface area contributed by atoms with Gasteiger partial charge in [-0.1, -0.05) is 12.1 Å². The number of carbonyl (C=O) groups excluding carboxylic acids is 1. The van der Waals surface area contributed by atoms with E-state index in [0.717, 1.165) is 36.6 Å². The van der Waals surface area contributed by atoms with Crippen LogP contribution in [-0.4, -0.2) is 10.9 Å². The van der Waals surface area contributed by atoms with Crippen molar-refractivity contribution >= 4 is 11.7 Å². The summed E-state index contributed by atoms with van der Waals surface area (Å²) in [5.41, 5.74) is 0.317. The first-order valence-electron chi connectivity index (χ1n) is 9.19. The number of anilines is 1. The van der Waals surface area contributed by atoms with Crippen LogP contribution in [0.5, 0.6) is 0 Å². The topological polar surface area (TPSA) is 42.0 Å². The van der Waals surface area contributed by atoms with E-state index in [2.05, 4.69) is 10.3 Å². The third-order valence-electron chi connectivity index (χ3n) is 5.04. The molecular formula is C22H15F5N2O. The van der Waals surface area contributed by atoms with Gasteiger partial charge in [-0.05, 0) is 66.3 Å². The molecule has 0 fully saturated rings. The second-order valence-corrected chi connectivity index (χ2v) is 7.00. The number of rotatable bonds is 3. The lowest BCUT2D eigenvalue weighted by Gasteiger charge is -2.16. The molecule has 1 aliphatic rings. The lowest BCUT2D eigenvalue weighted by Crippen LogP contribution is -2.16. The van der Waals surface area contributed by atoms with E-state index in [9.17, 15) is 26.7 Å². The normalized spacial score (nSPS) is 13.2. The molecule has 3 nitrogen and oxygen atoms in total. The molecule has 1 N–H and O–H groups in total. The lowest BCUT2D eigenvalue weighted by atomic mass is 9.95. The number of pyridine rings is 1. The van der Waals surface area contributed by atoms with Crippen LogP contribution in [0.4, 0.5) is 27.8 Å². The predicted octanol–water partition coefficient (Wildman–Crippen LogP) is 5.79. The molecule has 30 heavy (non-hydrogen) atoms. The Balaban J connectivity index is 1.64. The van der Waals surface area contributed by atoms with E-state index in [1.807, 2.05) is 0 Å². The molecule has 1 aromatic heterocycles. The van der Waals surface area contributed by atoms with Crippen LogP contribution < -0.4 is 5.32 Å². The molecule has 0 spiro atoms. The van der Waals surface area contributed by atoms with Crippen molar-refractivity contribution in [2.75, 3.05) is 5.32 Å². The van der Waals surface area contributed by atoms with Crippen LogP contribution in [0.25, 0.3) is 11.1 Å². The second kappa shape index (κ2) is 7.51. The van der Waals surface area contributed by atoms with Gasteiger partial charge in [0.1, 0.15) is 23.0 Å². The predicted molar refractivity (Wildman–Crippen MR) is 101 cm³/mol. The Morgan fingerprint density at radius 3 is 2.23 bits per heavy atom. The van der Waals surface area contributed by atoms with E-state index >= 15 is 0 Å². The monoisotopic (exact) mass is 418 g/mol. The maximum Gasteiger partial charge on any atom is 0.417 e. The second-order valence-electron chi connectivity index (χ2n) is 7.00. The quantitative estimate of drug-likeness (QED) is 0.548. The van der Waals surface area contributed by atoms with Gasteiger partial charge in [0.15, 0.2) is 0 Å². The molecule has 8 heteroatoms. The van der Waals surface area contributed by atoms with Gasteiger partial charge in [-0.2, -0.15) is 13.2 Å². The highest BCUT2D eigenvalue weighted by Crippen LogP contribution is 2.40. The smallest absolute Gasteiger partial charge is 0.306 e. The Labute approximate surface area is 168 Å². The number of aromatic nitrogens is 1. The third kappa shape index (κ3) is 3.77. The van der Waals surface area contributed by atoms with Crippen molar-refractivity contribution in [1.29, 1.82) is 0 Å². The summed E-state index contributed by atoms with van der Waals surface area (Å²) in [5, 5.41) is 2.25. The van der Waals surface area contributed by atoms with Crippen LogP contribution in [0, 0.1) is 11.6 Å².